The number of hydrogen-bond acceptors (Lipinski definition) is 1. The highest BCUT2D eigenvalue weighted by Gasteiger charge is 2.17. The molecule has 3 N–H and O–H groups in total. The molecule has 2 rings (SSSR count). The zero-order chi connectivity index (χ0) is 12.3. The third kappa shape index (κ3) is 3.74. The van der Waals surface area contributed by atoms with E-state index < -0.39 is 0 Å². The minimum absolute atomic E-state index is 0.531. The molecule has 0 aliphatic heterocycles. The fourth-order valence-corrected chi connectivity index (χ4v) is 2.67. The van der Waals surface area contributed by atoms with Crippen LogP contribution in [0.15, 0.2) is 23.2 Å². The van der Waals surface area contributed by atoms with Gasteiger partial charge in [-0.2, -0.15) is 0 Å². The maximum atomic E-state index is 5.90. The van der Waals surface area contributed by atoms with E-state index in [0.29, 0.717) is 18.5 Å². The number of hydrogen-bond donors (Lipinski definition) is 2. The van der Waals surface area contributed by atoms with Crippen LogP contribution in [0.25, 0.3) is 0 Å². The molecule has 0 bridgehead atoms. The van der Waals surface area contributed by atoms with Gasteiger partial charge in [0.15, 0.2) is 5.96 Å². The zero-order valence-electron chi connectivity index (χ0n) is 9.42. The Morgan fingerprint density at radius 1 is 1.53 bits per heavy atom. The molecule has 3 nitrogen and oxygen atoms in total. The topological polar surface area (TPSA) is 50.4 Å². The second kappa shape index (κ2) is 5.91. The summed E-state index contributed by atoms with van der Waals surface area (Å²) in [5.74, 6) is 0.542. The molecule has 0 unspecified atom stereocenters. The van der Waals surface area contributed by atoms with Crippen molar-refractivity contribution in [2.45, 2.75) is 31.8 Å². The van der Waals surface area contributed by atoms with Gasteiger partial charge in [0.05, 0.1) is 6.54 Å². The summed E-state index contributed by atoms with van der Waals surface area (Å²) in [6.07, 6.45) is 3.70. The van der Waals surface area contributed by atoms with Crippen LogP contribution in [-0.4, -0.2) is 12.0 Å². The Morgan fingerprint density at radius 3 is 2.88 bits per heavy atom. The van der Waals surface area contributed by atoms with Crippen molar-refractivity contribution in [3.05, 3.63) is 32.4 Å². The van der Waals surface area contributed by atoms with Crippen molar-refractivity contribution >= 4 is 40.2 Å². The molecule has 1 aromatic rings. The lowest BCUT2D eigenvalue weighted by atomic mass is 9.93. The van der Waals surface area contributed by atoms with Crippen LogP contribution in [0.1, 0.15) is 24.8 Å². The molecule has 1 fully saturated rings. The summed E-state index contributed by atoms with van der Waals surface area (Å²) in [5, 5.41) is 3.97. The van der Waals surface area contributed by atoms with Crippen LogP contribution < -0.4 is 11.1 Å². The number of halogens is 2. The molecule has 92 valence electrons. The molecule has 0 aromatic heterocycles. The number of nitrogens with one attached hydrogen (secondary N) is 1. The summed E-state index contributed by atoms with van der Waals surface area (Å²) in [6, 6.07) is 6.33. The van der Waals surface area contributed by atoms with E-state index in [2.05, 4.69) is 32.9 Å². The molecule has 0 saturated heterocycles. The van der Waals surface area contributed by atoms with Crippen LogP contribution in [-0.2, 0) is 6.54 Å². The van der Waals surface area contributed by atoms with Crippen molar-refractivity contribution in [2.75, 3.05) is 0 Å². The Kier molecular flexibility index (Phi) is 4.50. The first kappa shape index (κ1) is 13.0. The van der Waals surface area contributed by atoms with Gasteiger partial charge in [-0.1, -0.05) is 17.7 Å². The minimum atomic E-state index is 0.531. The Labute approximate surface area is 120 Å². The van der Waals surface area contributed by atoms with Gasteiger partial charge in [-0.15, -0.1) is 0 Å². The second-order valence-corrected chi connectivity index (χ2v) is 5.81. The predicted molar refractivity (Wildman–Crippen MR) is 80.3 cm³/mol. The van der Waals surface area contributed by atoms with Gasteiger partial charge in [-0.05, 0) is 59.5 Å². The van der Waals surface area contributed by atoms with Gasteiger partial charge in [0, 0.05) is 14.6 Å². The molecule has 0 atom stereocenters. The summed E-state index contributed by atoms with van der Waals surface area (Å²) in [7, 11) is 0. The SMILES string of the molecule is NC(=NCc1ccc(Cl)cc1I)NC1CCC1. The van der Waals surface area contributed by atoms with Crippen molar-refractivity contribution < 1.29 is 0 Å². The Balaban J connectivity index is 1.93. The summed E-state index contributed by atoms with van der Waals surface area (Å²) in [5.41, 5.74) is 6.97. The maximum Gasteiger partial charge on any atom is 0.189 e. The van der Waals surface area contributed by atoms with E-state index in [9.17, 15) is 0 Å². The van der Waals surface area contributed by atoms with E-state index in [-0.39, 0.29) is 0 Å². The molecule has 1 aliphatic carbocycles. The van der Waals surface area contributed by atoms with Crippen LogP contribution >= 0.6 is 34.2 Å². The van der Waals surface area contributed by atoms with Gasteiger partial charge in [0.25, 0.3) is 0 Å². The number of benzene rings is 1. The summed E-state index contributed by atoms with van der Waals surface area (Å²) < 4.78 is 1.12. The fraction of sp³-hybridized carbons (Fsp3) is 0.417. The summed E-state index contributed by atoms with van der Waals surface area (Å²) >= 11 is 8.16. The molecule has 0 heterocycles. The highest BCUT2D eigenvalue weighted by Crippen LogP contribution is 2.19. The highest BCUT2D eigenvalue weighted by atomic mass is 127. The molecule has 0 amide bonds. The third-order valence-electron chi connectivity index (χ3n) is 2.89. The van der Waals surface area contributed by atoms with Gasteiger partial charge >= 0.3 is 0 Å². The Hall–Kier alpha value is -0.490. The monoisotopic (exact) mass is 363 g/mol. The quantitative estimate of drug-likeness (QED) is 0.493. The van der Waals surface area contributed by atoms with Crippen molar-refractivity contribution in [1.82, 2.24) is 5.32 Å². The number of nitrogens with two attached hydrogens (primary N) is 1. The second-order valence-electron chi connectivity index (χ2n) is 4.21. The van der Waals surface area contributed by atoms with Crippen molar-refractivity contribution in [1.29, 1.82) is 0 Å². The van der Waals surface area contributed by atoms with E-state index >= 15 is 0 Å². The van der Waals surface area contributed by atoms with Crippen LogP contribution in [0.4, 0.5) is 0 Å². The van der Waals surface area contributed by atoms with Crippen LogP contribution in [0.3, 0.4) is 0 Å². The molecule has 17 heavy (non-hydrogen) atoms. The number of nitrogens with zero attached hydrogens (tertiary/aromatic N) is 1. The average Bonchev–Trinajstić information content (AvgIpc) is 2.22. The van der Waals surface area contributed by atoms with E-state index in [1.54, 1.807) is 0 Å². The smallest absolute Gasteiger partial charge is 0.189 e. The number of aliphatic imine (C=N–C) groups is 1. The van der Waals surface area contributed by atoms with Gasteiger partial charge in [0.2, 0.25) is 0 Å². The average molecular weight is 364 g/mol. The molecule has 1 aliphatic rings. The van der Waals surface area contributed by atoms with Crippen LogP contribution in [0.5, 0.6) is 0 Å². The molecular weight excluding hydrogens is 349 g/mol. The Morgan fingerprint density at radius 2 is 2.29 bits per heavy atom. The van der Waals surface area contributed by atoms with Crippen molar-refractivity contribution in [3.8, 4) is 0 Å². The predicted octanol–water partition coefficient (Wildman–Crippen LogP) is 2.90. The summed E-state index contributed by atoms with van der Waals surface area (Å²) in [4.78, 5) is 4.34. The molecular formula is C12H15ClIN3. The van der Waals surface area contributed by atoms with Gasteiger partial charge in [-0.3, -0.25) is 0 Å². The lowest BCUT2D eigenvalue weighted by Gasteiger charge is -2.26. The normalized spacial score (nSPS) is 16.7. The first-order valence-corrected chi connectivity index (χ1v) is 7.11. The molecule has 0 radical (unpaired) electrons. The number of rotatable bonds is 3. The minimum Gasteiger partial charge on any atom is -0.370 e. The third-order valence-corrected chi connectivity index (χ3v) is 4.13. The fourth-order valence-electron chi connectivity index (χ4n) is 1.63. The van der Waals surface area contributed by atoms with E-state index in [1.807, 2.05) is 18.2 Å². The first-order valence-electron chi connectivity index (χ1n) is 5.65. The molecule has 0 spiro atoms. The van der Waals surface area contributed by atoms with Gasteiger partial charge in [0.1, 0.15) is 0 Å². The number of guanidine groups is 1. The van der Waals surface area contributed by atoms with Gasteiger partial charge in [-0.25, -0.2) is 4.99 Å². The highest BCUT2D eigenvalue weighted by molar-refractivity contribution is 14.1. The zero-order valence-corrected chi connectivity index (χ0v) is 12.3. The lowest BCUT2D eigenvalue weighted by molar-refractivity contribution is 0.382. The summed E-state index contributed by atoms with van der Waals surface area (Å²) in [6.45, 7) is 0.598. The maximum absolute atomic E-state index is 5.90. The lowest BCUT2D eigenvalue weighted by Crippen LogP contribution is -2.43. The molecule has 1 saturated carbocycles. The van der Waals surface area contributed by atoms with Gasteiger partial charge < -0.3 is 11.1 Å². The standard InChI is InChI=1S/C12H15ClIN3/c13-9-5-4-8(11(14)6-9)7-16-12(15)17-10-2-1-3-10/h4-6,10H,1-3,7H2,(H3,15,16,17). The van der Waals surface area contributed by atoms with Crippen LogP contribution in [0, 0.1) is 3.57 Å². The van der Waals surface area contributed by atoms with Crippen molar-refractivity contribution in [3.63, 3.8) is 0 Å². The van der Waals surface area contributed by atoms with E-state index in [1.165, 1.54) is 19.3 Å². The molecule has 1 aromatic carbocycles. The molecule has 5 heteroatoms. The van der Waals surface area contributed by atoms with Crippen molar-refractivity contribution in [2.24, 2.45) is 10.7 Å². The van der Waals surface area contributed by atoms with E-state index in [0.717, 1.165) is 14.2 Å². The first-order chi connectivity index (χ1) is 8.15. The Bertz CT molecular complexity index is 430. The van der Waals surface area contributed by atoms with Crippen LogP contribution in [0.2, 0.25) is 5.02 Å². The van der Waals surface area contributed by atoms with E-state index in [4.69, 9.17) is 17.3 Å². The largest absolute Gasteiger partial charge is 0.370 e.